The molecule has 0 aliphatic heterocycles. The molecular weight excluding hydrogens is 438 g/mol. The van der Waals surface area contributed by atoms with E-state index >= 15 is 0 Å². The molecular formula is C21H18BrN3O2S. The highest BCUT2D eigenvalue weighted by molar-refractivity contribution is 9.10. The van der Waals surface area contributed by atoms with Crippen molar-refractivity contribution >= 4 is 33.3 Å². The fraction of sp³-hybridized carbons (Fsp3) is 0.143. The first kappa shape index (κ1) is 18.8. The molecule has 2 aromatic carbocycles. The molecule has 0 radical (unpaired) electrons. The zero-order chi connectivity index (χ0) is 19.5. The lowest BCUT2D eigenvalue weighted by molar-refractivity contribution is 0.387. The Morgan fingerprint density at radius 2 is 1.82 bits per heavy atom. The Morgan fingerprint density at radius 3 is 2.57 bits per heavy atom. The second kappa shape index (κ2) is 8.24. The second-order valence-corrected chi connectivity index (χ2v) is 7.97. The molecule has 2 heterocycles. The van der Waals surface area contributed by atoms with Crippen LogP contribution in [-0.4, -0.2) is 28.8 Å². The molecule has 0 amide bonds. The number of imidazole rings is 1. The lowest BCUT2D eigenvalue weighted by atomic mass is 10.2. The van der Waals surface area contributed by atoms with Gasteiger partial charge in [-0.3, -0.25) is 0 Å². The van der Waals surface area contributed by atoms with E-state index in [-0.39, 0.29) is 0 Å². The van der Waals surface area contributed by atoms with E-state index in [0.717, 1.165) is 37.9 Å². The van der Waals surface area contributed by atoms with Gasteiger partial charge in [-0.05, 0) is 42.0 Å². The molecule has 0 saturated carbocycles. The van der Waals surface area contributed by atoms with Crippen molar-refractivity contribution in [2.75, 3.05) is 14.2 Å². The van der Waals surface area contributed by atoms with Crippen molar-refractivity contribution < 1.29 is 9.47 Å². The maximum absolute atomic E-state index is 5.63. The average Bonchev–Trinajstić information content (AvgIpc) is 3.10. The molecule has 2 aromatic heterocycles. The standard InChI is InChI=1S/C21H18BrN3O2S/c1-26-17-5-3-4-14(12-17)13-28-19-11-10-18-23-20(21(27-2)25(18)24-19)15-6-8-16(22)9-7-15/h3-12H,13H2,1-2H3. The predicted molar refractivity (Wildman–Crippen MR) is 115 cm³/mol. The van der Waals surface area contributed by atoms with Crippen LogP contribution in [0.2, 0.25) is 0 Å². The van der Waals surface area contributed by atoms with Crippen LogP contribution in [0.5, 0.6) is 11.6 Å². The summed E-state index contributed by atoms with van der Waals surface area (Å²) in [4.78, 5) is 4.70. The molecule has 28 heavy (non-hydrogen) atoms. The summed E-state index contributed by atoms with van der Waals surface area (Å²) in [5, 5.41) is 5.62. The van der Waals surface area contributed by atoms with Gasteiger partial charge in [0, 0.05) is 15.8 Å². The van der Waals surface area contributed by atoms with Gasteiger partial charge in [0.2, 0.25) is 5.88 Å². The van der Waals surface area contributed by atoms with Crippen LogP contribution in [-0.2, 0) is 5.75 Å². The van der Waals surface area contributed by atoms with Crippen LogP contribution in [0.15, 0.2) is 70.2 Å². The molecule has 4 aromatic rings. The summed E-state index contributed by atoms with van der Waals surface area (Å²) in [6.45, 7) is 0. The summed E-state index contributed by atoms with van der Waals surface area (Å²) in [6, 6.07) is 20.0. The number of nitrogens with zero attached hydrogens (tertiary/aromatic N) is 3. The molecule has 0 aliphatic rings. The average molecular weight is 456 g/mol. The number of aromatic nitrogens is 3. The van der Waals surface area contributed by atoms with Gasteiger partial charge < -0.3 is 9.47 Å². The van der Waals surface area contributed by atoms with Crippen LogP contribution < -0.4 is 9.47 Å². The first-order valence-corrected chi connectivity index (χ1v) is 10.4. The predicted octanol–water partition coefficient (Wildman–Crippen LogP) is 5.47. The molecule has 4 rings (SSSR count). The number of benzene rings is 2. The first-order valence-electron chi connectivity index (χ1n) is 8.63. The third-order valence-electron chi connectivity index (χ3n) is 4.24. The van der Waals surface area contributed by atoms with E-state index < -0.39 is 0 Å². The minimum absolute atomic E-state index is 0.626. The summed E-state index contributed by atoms with van der Waals surface area (Å²) in [5.41, 5.74) is 3.69. The van der Waals surface area contributed by atoms with E-state index in [2.05, 4.69) is 22.0 Å². The molecule has 0 aliphatic carbocycles. The molecule has 5 nitrogen and oxygen atoms in total. The minimum Gasteiger partial charge on any atom is -0.497 e. The van der Waals surface area contributed by atoms with Crippen molar-refractivity contribution in [2.45, 2.75) is 10.8 Å². The van der Waals surface area contributed by atoms with Gasteiger partial charge in [0.1, 0.15) is 16.5 Å². The van der Waals surface area contributed by atoms with E-state index in [1.807, 2.05) is 54.6 Å². The maximum Gasteiger partial charge on any atom is 0.243 e. The van der Waals surface area contributed by atoms with E-state index in [4.69, 9.17) is 19.6 Å². The van der Waals surface area contributed by atoms with Crippen molar-refractivity contribution in [2.24, 2.45) is 0 Å². The van der Waals surface area contributed by atoms with Crippen molar-refractivity contribution in [1.82, 2.24) is 14.6 Å². The molecule has 0 spiro atoms. The lowest BCUT2D eigenvalue weighted by Gasteiger charge is -2.06. The second-order valence-electron chi connectivity index (χ2n) is 6.06. The largest absolute Gasteiger partial charge is 0.497 e. The molecule has 0 unspecified atom stereocenters. The Hall–Kier alpha value is -2.51. The Labute approximate surface area is 175 Å². The van der Waals surface area contributed by atoms with Crippen LogP contribution >= 0.6 is 27.7 Å². The van der Waals surface area contributed by atoms with E-state index in [1.54, 1.807) is 30.5 Å². The maximum atomic E-state index is 5.63. The molecule has 0 bridgehead atoms. The first-order chi connectivity index (χ1) is 13.7. The van der Waals surface area contributed by atoms with E-state index in [0.29, 0.717) is 5.88 Å². The molecule has 142 valence electrons. The zero-order valence-electron chi connectivity index (χ0n) is 15.4. The summed E-state index contributed by atoms with van der Waals surface area (Å²) in [6.07, 6.45) is 0. The number of rotatable bonds is 6. The third kappa shape index (κ3) is 3.86. The molecule has 0 N–H and O–H groups in total. The number of hydrogen-bond acceptors (Lipinski definition) is 5. The normalized spacial score (nSPS) is 11.0. The van der Waals surface area contributed by atoms with Gasteiger partial charge in [-0.1, -0.05) is 52.0 Å². The van der Waals surface area contributed by atoms with E-state index in [1.165, 1.54) is 5.56 Å². The van der Waals surface area contributed by atoms with E-state index in [9.17, 15) is 0 Å². The lowest BCUT2D eigenvalue weighted by Crippen LogP contribution is -1.97. The minimum atomic E-state index is 0.626. The highest BCUT2D eigenvalue weighted by Gasteiger charge is 2.16. The smallest absolute Gasteiger partial charge is 0.243 e. The van der Waals surface area contributed by atoms with Crippen molar-refractivity contribution in [3.8, 4) is 22.9 Å². The van der Waals surface area contributed by atoms with Gasteiger partial charge in [-0.2, -0.15) is 9.61 Å². The van der Waals surface area contributed by atoms with Crippen LogP contribution in [0.4, 0.5) is 0 Å². The zero-order valence-corrected chi connectivity index (χ0v) is 17.8. The Morgan fingerprint density at radius 1 is 1.00 bits per heavy atom. The topological polar surface area (TPSA) is 48.7 Å². The number of hydrogen-bond donors (Lipinski definition) is 0. The highest BCUT2D eigenvalue weighted by atomic mass is 79.9. The van der Waals surface area contributed by atoms with Crippen LogP contribution in [0.1, 0.15) is 5.56 Å². The quantitative estimate of drug-likeness (QED) is 0.360. The molecule has 7 heteroatoms. The van der Waals surface area contributed by atoms with Gasteiger partial charge in [0.15, 0.2) is 5.65 Å². The third-order valence-corrected chi connectivity index (χ3v) is 5.76. The molecule has 0 fully saturated rings. The van der Waals surface area contributed by atoms with Gasteiger partial charge in [-0.25, -0.2) is 4.98 Å². The number of halogens is 1. The summed E-state index contributed by atoms with van der Waals surface area (Å²) in [5.74, 6) is 2.28. The Bertz CT molecular complexity index is 1110. The van der Waals surface area contributed by atoms with Gasteiger partial charge in [0.05, 0.1) is 14.2 Å². The van der Waals surface area contributed by atoms with Crippen LogP contribution in [0, 0.1) is 0 Å². The number of fused-ring (bicyclic) bond motifs is 1. The number of ether oxygens (including phenoxy) is 2. The van der Waals surface area contributed by atoms with Gasteiger partial charge in [-0.15, -0.1) is 0 Å². The van der Waals surface area contributed by atoms with Gasteiger partial charge >= 0.3 is 0 Å². The summed E-state index contributed by atoms with van der Waals surface area (Å²) < 4.78 is 13.7. The van der Waals surface area contributed by atoms with Crippen LogP contribution in [0.3, 0.4) is 0 Å². The fourth-order valence-corrected chi connectivity index (χ4v) is 3.93. The fourth-order valence-electron chi connectivity index (χ4n) is 2.87. The Kier molecular flexibility index (Phi) is 5.54. The van der Waals surface area contributed by atoms with Gasteiger partial charge in [0.25, 0.3) is 0 Å². The molecule has 0 saturated heterocycles. The van der Waals surface area contributed by atoms with Crippen LogP contribution in [0.25, 0.3) is 16.9 Å². The highest BCUT2D eigenvalue weighted by Crippen LogP contribution is 2.32. The molecule has 0 atom stereocenters. The number of thioether (sulfide) groups is 1. The van der Waals surface area contributed by atoms with Crippen molar-refractivity contribution in [3.63, 3.8) is 0 Å². The SMILES string of the molecule is COc1cccc(CSc2ccc3nc(-c4ccc(Br)cc4)c(OC)n3n2)c1. The summed E-state index contributed by atoms with van der Waals surface area (Å²) >= 11 is 5.12. The van der Waals surface area contributed by atoms with Crippen molar-refractivity contribution in [3.05, 3.63) is 70.7 Å². The number of methoxy groups -OCH3 is 2. The Balaban J connectivity index is 1.63. The monoisotopic (exact) mass is 455 g/mol. The van der Waals surface area contributed by atoms with Crippen molar-refractivity contribution in [1.29, 1.82) is 0 Å². The summed E-state index contributed by atoms with van der Waals surface area (Å²) in [7, 11) is 3.32.